The van der Waals surface area contributed by atoms with Gasteiger partial charge in [0.15, 0.2) is 5.75 Å². The van der Waals surface area contributed by atoms with Crippen LogP contribution in [0, 0.1) is 10.1 Å². The number of benzene rings is 5. The van der Waals surface area contributed by atoms with Crippen LogP contribution in [0.1, 0.15) is 46.9 Å². The van der Waals surface area contributed by atoms with Gasteiger partial charge in [0.05, 0.1) is 22.2 Å². The van der Waals surface area contributed by atoms with E-state index in [2.05, 4.69) is 0 Å². The molecule has 0 radical (unpaired) electrons. The highest BCUT2D eigenvalue weighted by Crippen LogP contribution is 2.34. The third-order valence-electron chi connectivity index (χ3n) is 8.01. The smallest absolute Gasteiger partial charge is 0.311 e. The van der Waals surface area contributed by atoms with Crippen LogP contribution in [0.25, 0.3) is 0 Å². The highest BCUT2D eigenvalue weighted by Gasteiger charge is 2.28. The van der Waals surface area contributed by atoms with Crippen LogP contribution < -0.4 is 9.47 Å². The number of hydrogen-bond donors (Lipinski definition) is 2. The largest absolute Gasteiger partial charge is 0.487 e. The van der Waals surface area contributed by atoms with E-state index in [4.69, 9.17) is 21.1 Å². The van der Waals surface area contributed by atoms with E-state index in [1.807, 2.05) is 103 Å². The molecule has 8 nitrogen and oxygen atoms in total. The Morgan fingerprint density at radius 3 is 1.79 bits per heavy atom. The summed E-state index contributed by atoms with van der Waals surface area (Å²) in [4.78, 5) is 13.4. The Balaban J connectivity index is 1.32. The van der Waals surface area contributed by atoms with Crippen LogP contribution >= 0.6 is 11.6 Å². The topological polar surface area (TPSA) is 105 Å². The Hall–Kier alpha value is -4.73. The molecule has 2 unspecified atom stereocenters. The lowest BCUT2D eigenvalue weighted by atomic mass is 9.99. The molecule has 0 bridgehead atoms. The minimum atomic E-state index is -1.09. The third-order valence-corrected chi connectivity index (χ3v) is 8.30. The summed E-state index contributed by atoms with van der Waals surface area (Å²) in [6.07, 6.45) is -2.05. The number of hydrogen-bond acceptors (Lipinski definition) is 7. The van der Waals surface area contributed by atoms with Gasteiger partial charge in [-0.25, -0.2) is 0 Å². The Bertz CT molecular complexity index is 1740. The lowest BCUT2D eigenvalue weighted by Crippen LogP contribution is -2.39. The Morgan fingerprint density at radius 2 is 1.23 bits per heavy atom. The van der Waals surface area contributed by atoms with Crippen molar-refractivity contribution >= 4 is 17.3 Å². The van der Waals surface area contributed by atoms with Gasteiger partial charge in [-0.2, -0.15) is 0 Å². The van der Waals surface area contributed by atoms with Gasteiger partial charge in [-0.1, -0.05) is 115 Å². The second-order valence-corrected chi connectivity index (χ2v) is 11.7. The van der Waals surface area contributed by atoms with Crippen LogP contribution in [0.3, 0.4) is 0 Å². The fourth-order valence-electron chi connectivity index (χ4n) is 5.29. The molecule has 5 aromatic carbocycles. The Labute approximate surface area is 279 Å². The van der Waals surface area contributed by atoms with Gasteiger partial charge in [-0.05, 0) is 52.9 Å². The third kappa shape index (κ3) is 9.18. The van der Waals surface area contributed by atoms with Crippen LogP contribution in [0.5, 0.6) is 11.5 Å². The molecular formula is C38H37ClN2O6. The lowest BCUT2D eigenvalue weighted by molar-refractivity contribution is -0.386. The van der Waals surface area contributed by atoms with Crippen molar-refractivity contribution in [2.45, 2.75) is 44.9 Å². The molecule has 0 aliphatic heterocycles. The van der Waals surface area contributed by atoms with Gasteiger partial charge >= 0.3 is 5.69 Å². The number of aliphatic hydroxyl groups is 2. The van der Waals surface area contributed by atoms with Crippen LogP contribution in [0.15, 0.2) is 127 Å². The van der Waals surface area contributed by atoms with Crippen molar-refractivity contribution in [3.05, 3.63) is 170 Å². The molecule has 242 valence electrons. The molecule has 2 N–H and O–H groups in total. The molecule has 5 aromatic rings. The number of aliphatic hydroxyl groups excluding tert-OH is 2. The monoisotopic (exact) mass is 652 g/mol. The van der Waals surface area contributed by atoms with E-state index in [1.54, 1.807) is 24.3 Å². The molecule has 0 spiro atoms. The average Bonchev–Trinajstić information content (AvgIpc) is 3.10. The Morgan fingerprint density at radius 1 is 0.723 bits per heavy atom. The molecule has 3 atom stereocenters. The quantitative estimate of drug-likeness (QED) is 0.0870. The van der Waals surface area contributed by atoms with Gasteiger partial charge in [0.1, 0.15) is 19.0 Å². The summed E-state index contributed by atoms with van der Waals surface area (Å²) in [5.74, 6) is 0.626. The molecule has 0 aliphatic carbocycles. The van der Waals surface area contributed by atoms with Crippen molar-refractivity contribution in [1.82, 2.24) is 4.90 Å². The number of nitro benzene ring substituents is 1. The summed E-state index contributed by atoms with van der Waals surface area (Å²) in [7, 11) is 0. The van der Waals surface area contributed by atoms with Crippen LogP contribution in [-0.4, -0.2) is 32.6 Å². The molecule has 0 saturated carbocycles. The summed E-state index contributed by atoms with van der Waals surface area (Å²) >= 11 is 6.57. The number of rotatable bonds is 15. The Kier molecular flexibility index (Phi) is 11.6. The lowest BCUT2D eigenvalue weighted by Gasteiger charge is -2.34. The van der Waals surface area contributed by atoms with E-state index in [0.29, 0.717) is 35.1 Å². The molecule has 9 heteroatoms. The summed E-state index contributed by atoms with van der Waals surface area (Å²) in [6, 6.07) is 38.1. The van der Waals surface area contributed by atoms with Crippen molar-refractivity contribution in [3.8, 4) is 11.5 Å². The fourth-order valence-corrected chi connectivity index (χ4v) is 5.54. The van der Waals surface area contributed by atoms with Crippen LogP contribution in [0.4, 0.5) is 5.69 Å². The van der Waals surface area contributed by atoms with Crippen molar-refractivity contribution < 1.29 is 24.6 Å². The fraction of sp³-hybridized carbons (Fsp3) is 0.211. The van der Waals surface area contributed by atoms with Crippen molar-refractivity contribution in [2.75, 3.05) is 6.54 Å². The maximum absolute atomic E-state index is 12.0. The second kappa shape index (κ2) is 16.2. The molecule has 0 amide bonds. The number of nitrogens with zero attached hydrogens (tertiary/aromatic N) is 2. The van der Waals surface area contributed by atoms with E-state index in [-0.39, 0.29) is 24.6 Å². The van der Waals surface area contributed by atoms with E-state index >= 15 is 0 Å². The highest BCUT2D eigenvalue weighted by molar-refractivity contribution is 6.32. The molecule has 0 saturated heterocycles. The molecule has 0 aliphatic rings. The van der Waals surface area contributed by atoms with E-state index in [0.717, 1.165) is 16.7 Å². The SMILES string of the molecule is CC(C(O)c1ccc(OCc2ccccc2)c(Cl)c1)N(Cc1ccccc1)C[C@H](O)c1ccc(OCc2ccccc2)c([N+](=O)[O-])c1. The molecule has 47 heavy (non-hydrogen) atoms. The van der Waals surface area contributed by atoms with Crippen molar-refractivity contribution in [3.63, 3.8) is 0 Å². The molecule has 0 heterocycles. The van der Waals surface area contributed by atoms with Gasteiger partial charge in [0.25, 0.3) is 0 Å². The molecule has 0 aromatic heterocycles. The number of halogens is 1. The van der Waals surface area contributed by atoms with Gasteiger partial charge in [-0.15, -0.1) is 0 Å². The van der Waals surface area contributed by atoms with Gasteiger partial charge in [0.2, 0.25) is 0 Å². The number of ether oxygens (including phenoxy) is 2. The van der Waals surface area contributed by atoms with Crippen LogP contribution in [0.2, 0.25) is 5.02 Å². The van der Waals surface area contributed by atoms with Gasteiger partial charge in [0, 0.05) is 25.2 Å². The molecular weight excluding hydrogens is 616 g/mol. The van der Waals surface area contributed by atoms with Crippen molar-refractivity contribution in [1.29, 1.82) is 0 Å². The first-order valence-corrected chi connectivity index (χ1v) is 15.7. The zero-order chi connectivity index (χ0) is 33.2. The minimum absolute atomic E-state index is 0.0977. The van der Waals surface area contributed by atoms with E-state index in [9.17, 15) is 20.3 Å². The first-order valence-electron chi connectivity index (χ1n) is 15.3. The average molecular weight is 653 g/mol. The first kappa shape index (κ1) is 33.6. The maximum Gasteiger partial charge on any atom is 0.311 e. The van der Waals surface area contributed by atoms with E-state index in [1.165, 1.54) is 12.1 Å². The summed E-state index contributed by atoms with van der Waals surface area (Å²) in [5, 5.41) is 35.3. The predicted octanol–water partition coefficient (Wildman–Crippen LogP) is 8.06. The number of nitro groups is 1. The van der Waals surface area contributed by atoms with Gasteiger partial charge in [-0.3, -0.25) is 15.0 Å². The molecule has 0 fully saturated rings. The second-order valence-electron chi connectivity index (χ2n) is 11.3. The van der Waals surface area contributed by atoms with Crippen LogP contribution in [-0.2, 0) is 19.8 Å². The van der Waals surface area contributed by atoms with E-state index < -0.39 is 23.2 Å². The normalized spacial score (nSPS) is 13.1. The zero-order valence-electron chi connectivity index (χ0n) is 26.0. The predicted molar refractivity (Wildman–Crippen MR) is 182 cm³/mol. The van der Waals surface area contributed by atoms with Gasteiger partial charge < -0.3 is 19.7 Å². The van der Waals surface area contributed by atoms with Crippen molar-refractivity contribution in [2.24, 2.45) is 0 Å². The summed E-state index contributed by atoms with van der Waals surface area (Å²) in [6.45, 7) is 2.92. The first-order chi connectivity index (χ1) is 22.8. The maximum atomic E-state index is 12.0. The minimum Gasteiger partial charge on any atom is -0.487 e. The summed E-state index contributed by atoms with van der Waals surface area (Å²) < 4.78 is 11.7. The molecule has 5 rings (SSSR count). The summed E-state index contributed by atoms with van der Waals surface area (Å²) in [5.41, 5.74) is 3.60. The standard InChI is InChI=1S/C38H37ClN2O6/c1-27(38(43)32-18-19-36(33(39)21-32)46-25-29-13-7-3-8-14-29)40(23-28-11-5-2-6-12-28)24-35(42)31-17-20-37(34(22-31)41(44)45)47-26-30-15-9-4-10-16-30/h2-22,27,35,38,42-43H,23-26H2,1H3/t27?,35-,38?/m0/s1. The zero-order valence-corrected chi connectivity index (χ0v) is 26.7. The highest BCUT2D eigenvalue weighted by atomic mass is 35.5.